The molecule has 1 aliphatic heterocycles. The van der Waals surface area contributed by atoms with E-state index in [0.717, 1.165) is 11.1 Å². The molecule has 4 rings (SSSR count). The molecule has 1 saturated heterocycles. The first-order chi connectivity index (χ1) is 11.7. The van der Waals surface area contributed by atoms with Crippen molar-refractivity contribution in [3.63, 3.8) is 0 Å². The Morgan fingerprint density at radius 3 is 2.54 bits per heavy atom. The minimum absolute atomic E-state index is 0.256. The molecule has 2 aromatic carbocycles. The van der Waals surface area contributed by atoms with E-state index in [4.69, 9.17) is 14.5 Å². The number of aliphatic hydroxyl groups is 1. The van der Waals surface area contributed by atoms with Crippen molar-refractivity contribution < 1.29 is 19.6 Å². The second-order valence-electron chi connectivity index (χ2n) is 6.71. The molecule has 0 radical (unpaired) electrons. The lowest BCUT2D eigenvalue weighted by molar-refractivity contribution is -0.484. The fraction of sp³-hybridized carbons (Fsp3) is 0.400. The molecule has 1 aliphatic carbocycles. The minimum atomic E-state index is -0.695. The summed E-state index contributed by atoms with van der Waals surface area (Å²) in [6.07, 6.45) is 2.10. The molecule has 2 aliphatic rings. The standard InChI is InChI=1S/C20H22O4/c1-14(16-7-6-15-4-2-3-5-17(15)12-16)19-13-22-20(24-23-19)10-8-18(21)9-11-20/h2-7,12,18-19,21H,1,8-11,13H2. The van der Waals surface area contributed by atoms with Crippen LogP contribution in [0.25, 0.3) is 16.3 Å². The molecule has 0 bridgehead atoms. The van der Waals surface area contributed by atoms with Gasteiger partial charge in [0.1, 0.15) is 6.10 Å². The van der Waals surface area contributed by atoms with E-state index in [1.54, 1.807) is 0 Å². The molecule has 1 atom stereocenters. The third-order valence-corrected chi connectivity index (χ3v) is 5.04. The van der Waals surface area contributed by atoms with Crippen LogP contribution < -0.4 is 0 Å². The Labute approximate surface area is 141 Å². The molecule has 2 aromatic rings. The van der Waals surface area contributed by atoms with Gasteiger partial charge < -0.3 is 9.84 Å². The number of hydrogen-bond donors (Lipinski definition) is 1. The molecular formula is C20H22O4. The molecule has 1 saturated carbocycles. The van der Waals surface area contributed by atoms with Crippen molar-refractivity contribution in [2.75, 3.05) is 6.61 Å². The van der Waals surface area contributed by atoms with Crippen LogP contribution in [0.5, 0.6) is 0 Å². The molecule has 24 heavy (non-hydrogen) atoms. The molecule has 2 fully saturated rings. The third-order valence-electron chi connectivity index (χ3n) is 5.04. The summed E-state index contributed by atoms with van der Waals surface area (Å²) in [5.74, 6) is -0.695. The van der Waals surface area contributed by atoms with Gasteiger partial charge in [0.2, 0.25) is 5.79 Å². The van der Waals surface area contributed by atoms with E-state index in [1.165, 1.54) is 10.8 Å². The number of benzene rings is 2. The molecule has 0 aromatic heterocycles. The number of ether oxygens (including phenoxy) is 1. The van der Waals surface area contributed by atoms with Crippen molar-refractivity contribution in [1.82, 2.24) is 0 Å². The van der Waals surface area contributed by atoms with E-state index in [1.807, 2.05) is 12.1 Å². The van der Waals surface area contributed by atoms with Crippen LogP contribution in [-0.4, -0.2) is 29.7 Å². The van der Waals surface area contributed by atoms with Gasteiger partial charge in [0.05, 0.1) is 12.7 Å². The summed E-state index contributed by atoms with van der Waals surface area (Å²) in [6.45, 7) is 4.59. The Bertz CT molecular complexity index is 736. The Kier molecular flexibility index (Phi) is 4.14. The lowest BCUT2D eigenvalue weighted by Crippen LogP contribution is -2.48. The highest BCUT2D eigenvalue weighted by atomic mass is 17.2. The van der Waals surface area contributed by atoms with Gasteiger partial charge in [0.25, 0.3) is 0 Å². The van der Waals surface area contributed by atoms with Crippen molar-refractivity contribution >= 4 is 16.3 Å². The Morgan fingerprint density at radius 2 is 1.83 bits per heavy atom. The van der Waals surface area contributed by atoms with Gasteiger partial charge in [-0.3, -0.25) is 0 Å². The lowest BCUT2D eigenvalue weighted by atomic mass is 9.91. The largest absolute Gasteiger partial charge is 0.393 e. The van der Waals surface area contributed by atoms with Gasteiger partial charge in [-0.15, -0.1) is 0 Å². The SMILES string of the molecule is C=C(c1ccc2ccccc2c1)C1COC2(CCC(O)CC2)OO1. The molecule has 4 heteroatoms. The van der Waals surface area contributed by atoms with Gasteiger partial charge in [-0.05, 0) is 40.8 Å². The van der Waals surface area contributed by atoms with Gasteiger partial charge in [0.15, 0.2) is 0 Å². The summed E-state index contributed by atoms with van der Waals surface area (Å²) in [6, 6.07) is 14.5. The van der Waals surface area contributed by atoms with Gasteiger partial charge >= 0.3 is 0 Å². The van der Waals surface area contributed by atoms with Crippen LogP contribution in [0.3, 0.4) is 0 Å². The second-order valence-corrected chi connectivity index (χ2v) is 6.71. The monoisotopic (exact) mass is 326 g/mol. The van der Waals surface area contributed by atoms with Crippen LogP contribution in [0.1, 0.15) is 31.2 Å². The molecule has 1 unspecified atom stereocenters. The molecule has 126 valence electrons. The lowest BCUT2D eigenvalue weighted by Gasteiger charge is -2.42. The van der Waals surface area contributed by atoms with Gasteiger partial charge in [-0.1, -0.05) is 43.0 Å². The van der Waals surface area contributed by atoms with Crippen LogP contribution in [0.15, 0.2) is 49.0 Å². The van der Waals surface area contributed by atoms with E-state index in [-0.39, 0.29) is 12.2 Å². The zero-order valence-corrected chi connectivity index (χ0v) is 13.6. The molecule has 1 spiro atoms. The third kappa shape index (κ3) is 2.98. The summed E-state index contributed by atoms with van der Waals surface area (Å²) in [4.78, 5) is 11.2. The maximum Gasteiger partial charge on any atom is 0.201 e. The van der Waals surface area contributed by atoms with Crippen LogP contribution in [0.4, 0.5) is 0 Å². The highest BCUT2D eigenvalue weighted by molar-refractivity contribution is 5.86. The Morgan fingerprint density at radius 1 is 1.08 bits per heavy atom. The average molecular weight is 326 g/mol. The topological polar surface area (TPSA) is 47.9 Å². The van der Waals surface area contributed by atoms with E-state index < -0.39 is 5.79 Å². The number of aliphatic hydroxyl groups excluding tert-OH is 1. The fourth-order valence-corrected chi connectivity index (χ4v) is 3.43. The first-order valence-electron chi connectivity index (χ1n) is 8.50. The van der Waals surface area contributed by atoms with Crippen molar-refractivity contribution in [1.29, 1.82) is 0 Å². The van der Waals surface area contributed by atoms with E-state index in [9.17, 15) is 5.11 Å². The highest BCUT2D eigenvalue weighted by Crippen LogP contribution is 2.38. The summed E-state index contributed by atoms with van der Waals surface area (Å²) in [5.41, 5.74) is 1.88. The number of hydrogen-bond acceptors (Lipinski definition) is 4. The second kappa shape index (κ2) is 6.30. The summed E-state index contributed by atoms with van der Waals surface area (Å²) >= 11 is 0. The molecule has 0 amide bonds. The van der Waals surface area contributed by atoms with Crippen LogP contribution in [-0.2, 0) is 14.5 Å². The molecular weight excluding hydrogens is 304 g/mol. The normalized spacial score (nSPS) is 30.5. The van der Waals surface area contributed by atoms with Gasteiger partial charge in [-0.25, -0.2) is 9.78 Å². The first kappa shape index (κ1) is 15.8. The van der Waals surface area contributed by atoms with Crippen LogP contribution >= 0.6 is 0 Å². The zero-order chi connectivity index (χ0) is 16.6. The summed E-state index contributed by atoms with van der Waals surface area (Å²) in [7, 11) is 0. The Balaban J connectivity index is 1.45. The molecule has 4 nitrogen and oxygen atoms in total. The van der Waals surface area contributed by atoms with Gasteiger partial charge in [0, 0.05) is 12.8 Å². The van der Waals surface area contributed by atoms with Crippen LogP contribution in [0, 0.1) is 0 Å². The maximum absolute atomic E-state index is 9.63. The Hall–Kier alpha value is -1.72. The van der Waals surface area contributed by atoms with Gasteiger partial charge in [-0.2, -0.15) is 0 Å². The maximum atomic E-state index is 9.63. The zero-order valence-electron chi connectivity index (χ0n) is 13.6. The summed E-state index contributed by atoms with van der Waals surface area (Å²) < 4.78 is 5.98. The van der Waals surface area contributed by atoms with Crippen LogP contribution in [0.2, 0.25) is 0 Å². The van der Waals surface area contributed by atoms with E-state index >= 15 is 0 Å². The van der Waals surface area contributed by atoms with Crippen molar-refractivity contribution in [3.05, 3.63) is 54.6 Å². The predicted molar refractivity (Wildman–Crippen MR) is 92.1 cm³/mol. The minimum Gasteiger partial charge on any atom is -0.393 e. The van der Waals surface area contributed by atoms with E-state index in [2.05, 4.69) is 36.9 Å². The number of fused-ring (bicyclic) bond motifs is 1. The first-order valence-corrected chi connectivity index (χ1v) is 8.50. The van der Waals surface area contributed by atoms with E-state index in [0.29, 0.717) is 32.3 Å². The molecule has 1 N–H and O–H groups in total. The quantitative estimate of drug-likeness (QED) is 0.852. The fourth-order valence-electron chi connectivity index (χ4n) is 3.43. The predicted octanol–water partition coefficient (Wildman–Crippen LogP) is 3.83. The average Bonchev–Trinajstić information content (AvgIpc) is 2.64. The number of rotatable bonds is 2. The molecule has 1 heterocycles. The smallest absolute Gasteiger partial charge is 0.201 e. The summed E-state index contributed by atoms with van der Waals surface area (Å²) in [5, 5.41) is 12.0. The van der Waals surface area contributed by atoms with Crippen molar-refractivity contribution in [2.24, 2.45) is 0 Å². The highest BCUT2D eigenvalue weighted by Gasteiger charge is 2.43. The van der Waals surface area contributed by atoms with Crippen molar-refractivity contribution in [3.8, 4) is 0 Å². The van der Waals surface area contributed by atoms with Crippen molar-refractivity contribution in [2.45, 2.75) is 43.7 Å².